The van der Waals surface area contributed by atoms with Crippen LogP contribution in [0.1, 0.15) is 44.6 Å². The zero-order chi connectivity index (χ0) is 21.9. The molecule has 170 valence electrons. The van der Waals surface area contributed by atoms with Crippen LogP contribution in [0.15, 0.2) is 24.3 Å². The number of hydrogen-bond acceptors (Lipinski definition) is 7. The molecule has 1 aromatic carbocycles. The van der Waals surface area contributed by atoms with Crippen molar-refractivity contribution in [1.82, 2.24) is 0 Å². The van der Waals surface area contributed by atoms with Crippen molar-refractivity contribution in [3.63, 3.8) is 0 Å². The highest BCUT2D eigenvalue weighted by atomic mass is 16.6. The molecule has 0 fully saturated rings. The van der Waals surface area contributed by atoms with Crippen LogP contribution in [-0.4, -0.2) is 69.5 Å². The molecule has 0 saturated carbocycles. The number of benzene rings is 1. The van der Waals surface area contributed by atoms with E-state index >= 15 is 0 Å². The average molecular weight is 425 g/mol. The van der Waals surface area contributed by atoms with E-state index in [4.69, 9.17) is 18.9 Å². The van der Waals surface area contributed by atoms with E-state index in [1.54, 1.807) is 19.1 Å². The SMILES string of the molecule is CC(=O)CCCOCCOCCOCCOCCC(=O)CCCc1ccc(O)cc1. The summed E-state index contributed by atoms with van der Waals surface area (Å²) in [5.41, 5.74) is 1.12. The van der Waals surface area contributed by atoms with Crippen LogP contribution in [0.5, 0.6) is 5.75 Å². The van der Waals surface area contributed by atoms with E-state index < -0.39 is 0 Å². The number of hydrogen-bond donors (Lipinski definition) is 1. The molecular formula is C23H36O7. The molecule has 30 heavy (non-hydrogen) atoms. The van der Waals surface area contributed by atoms with Crippen molar-refractivity contribution in [2.75, 3.05) is 52.9 Å². The van der Waals surface area contributed by atoms with Crippen LogP contribution in [0.3, 0.4) is 0 Å². The van der Waals surface area contributed by atoms with Crippen molar-refractivity contribution < 1.29 is 33.6 Å². The smallest absolute Gasteiger partial charge is 0.135 e. The Kier molecular flexibility index (Phi) is 15.7. The van der Waals surface area contributed by atoms with Gasteiger partial charge >= 0.3 is 0 Å². The number of carbonyl (C=O) groups is 2. The van der Waals surface area contributed by atoms with E-state index in [-0.39, 0.29) is 17.3 Å². The lowest BCUT2D eigenvalue weighted by Gasteiger charge is -2.07. The fraction of sp³-hybridized carbons (Fsp3) is 0.652. The van der Waals surface area contributed by atoms with Gasteiger partial charge in [-0.3, -0.25) is 4.79 Å². The van der Waals surface area contributed by atoms with Gasteiger partial charge in [0.15, 0.2) is 0 Å². The van der Waals surface area contributed by atoms with Gasteiger partial charge < -0.3 is 28.8 Å². The molecule has 0 saturated heterocycles. The van der Waals surface area contributed by atoms with Crippen LogP contribution >= 0.6 is 0 Å². The van der Waals surface area contributed by atoms with Crippen LogP contribution in [0.4, 0.5) is 0 Å². The number of ketones is 2. The molecule has 1 aromatic rings. The Morgan fingerprint density at radius 2 is 1.23 bits per heavy atom. The molecule has 0 amide bonds. The molecule has 0 aliphatic rings. The average Bonchev–Trinajstić information content (AvgIpc) is 2.72. The Morgan fingerprint density at radius 3 is 1.80 bits per heavy atom. The molecule has 0 radical (unpaired) electrons. The van der Waals surface area contributed by atoms with Crippen molar-refractivity contribution in [1.29, 1.82) is 0 Å². The van der Waals surface area contributed by atoms with Crippen LogP contribution in [0.25, 0.3) is 0 Å². The van der Waals surface area contributed by atoms with Crippen LogP contribution < -0.4 is 0 Å². The van der Waals surface area contributed by atoms with E-state index in [0.29, 0.717) is 72.1 Å². The molecule has 0 heterocycles. The van der Waals surface area contributed by atoms with Crippen molar-refractivity contribution in [3.8, 4) is 5.75 Å². The van der Waals surface area contributed by atoms with Crippen molar-refractivity contribution in [2.45, 2.75) is 45.4 Å². The molecular weight excluding hydrogens is 388 g/mol. The Bertz CT molecular complexity index is 571. The topological polar surface area (TPSA) is 91.3 Å². The van der Waals surface area contributed by atoms with Gasteiger partial charge in [-0.1, -0.05) is 12.1 Å². The molecule has 7 nitrogen and oxygen atoms in total. The molecule has 0 atom stereocenters. The summed E-state index contributed by atoms with van der Waals surface area (Å²) in [6, 6.07) is 7.07. The molecule has 0 unspecified atom stereocenters. The summed E-state index contributed by atoms with van der Waals surface area (Å²) in [5, 5.41) is 9.24. The molecule has 0 aromatic heterocycles. The number of carbonyl (C=O) groups excluding carboxylic acids is 2. The van der Waals surface area contributed by atoms with Gasteiger partial charge in [-0.05, 0) is 43.9 Å². The standard InChI is InChI=1S/C23H36O7/c1-20(24)4-3-12-27-14-16-29-18-19-30-17-15-28-13-11-22(25)6-2-5-21-7-9-23(26)10-8-21/h7-10,26H,2-6,11-19H2,1H3. The summed E-state index contributed by atoms with van der Waals surface area (Å²) in [7, 11) is 0. The second-order valence-electron chi connectivity index (χ2n) is 7.06. The van der Waals surface area contributed by atoms with E-state index in [2.05, 4.69) is 0 Å². The van der Waals surface area contributed by atoms with Crippen LogP contribution in [-0.2, 0) is 35.0 Å². The Morgan fingerprint density at radius 1 is 0.700 bits per heavy atom. The van der Waals surface area contributed by atoms with Gasteiger partial charge in [0.05, 0.1) is 46.2 Å². The molecule has 0 bridgehead atoms. The molecule has 1 N–H and O–H groups in total. The van der Waals surface area contributed by atoms with Crippen molar-refractivity contribution in [3.05, 3.63) is 29.8 Å². The van der Waals surface area contributed by atoms with Gasteiger partial charge in [0.2, 0.25) is 0 Å². The predicted molar refractivity (Wildman–Crippen MR) is 114 cm³/mol. The third kappa shape index (κ3) is 16.0. The predicted octanol–water partition coefficient (Wildman–Crippen LogP) is 3.11. The first kappa shape index (κ1) is 26.2. The molecule has 1 rings (SSSR count). The minimum Gasteiger partial charge on any atom is -0.508 e. The van der Waals surface area contributed by atoms with Gasteiger partial charge in [0.1, 0.15) is 17.3 Å². The maximum absolute atomic E-state index is 11.8. The van der Waals surface area contributed by atoms with Gasteiger partial charge in [-0.15, -0.1) is 0 Å². The maximum Gasteiger partial charge on any atom is 0.135 e. The second-order valence-corrected chi connectivity index (χ2v) is 7.06. The zero-order valence-electron chi connectivity index (χ0n) is 18.1. The van der Waals surface area contributed by atoms with Crippen molar-refractivity contribution >= 4 is 11.6 Å². The minimum atomic E-state index is 0.185. The summed E-state index contributed by atoms with van der Waals surface area (Å²) in [6.07, 6.45) is 3.91. The molecule has 0 aliphatic heterocycles. The van der Waals surface area contributed by atoms with E-state index in [1.165, 1.54) is 0 Å². The largest absolute Gasteiger partial charge is 0.508 e. The zero-order valence-corrected chi connectivity index (χ0v) is 18.1. The van der Waals surface area contributed by atoms with Crippen molar-refractivity contribution in [2.24, 2.45) is 0 Å². The fourth-order valence-electron chi connectivity index (χ4n) is 2.65. The number of rotatable bonds is 20. The summed E-state index contributed by atoms with van der Waals surface area (Å²) >= 11 is 0. The highest BCUT2D eigenvalue weighted by Crippen LogP contribution is 2.12. The van der Waals surface area contributed by atoms with Crippen LogP contribution in [0, 0.1) is 0 Å². The molecule has 0 spiro atoms. The second kappa shape index (κ2) is 18.0. The quantitative estimate of drug-likeness (QED) is 0.322. The Labute approximate surface area is 179 Å². The number of phenolic OH excluding ortho intramolecular Hbond substituents is 1. The van der Waals surface area contributed by atoms with E-state index in [0.717, 1.165) is 24.8 Å². The van der Waals surface area contributed by atoms with Gasteiger partial charge in [-0.25, -0.2) is 0 Å². The fourth-order valence-corrected chi connectivity index (χ4v) is 2.65. The highest BCUT2D eigenvalue weighted by molar-refractivity contribution is 5.78. The lowest BCUT2D eigenvalue weighted by atomic mass is 10.1. The number of aryl methyl sites for hydroxylation is 1. The first-order valence-electron chi connectivity index (χ1n) is 10.7. The van der Waals surface area contributed by atoms with E-state index in [1.807, 2.05) is 12.1 Å². The summed E-state index contributed by atoms with van der Waals surface area (Å²) in [5.74, 6) is 0.642. The third-order valence-electron chi connectivity index (χ3n) is 4.32. The first-order valence-corrected chi connectivity index (χ1v) is 10.7. The normalized spacial score (nSPS) is 11.0. The highest BCUT2D eigenvalue weighted by Gasteiger charge is 2.03. The number of aromatic hydroxyl groups is 1. The molecule has 0 aliphatic carbocycles. The summed E-state index contributed by atoms with van der Waals surface area (Å²) < 4.78 is 21.6. The van der Waals surface area contributed by atoms with Crippen LogP contribution in [0.2, 0.25) is 0 Å². The van der Waals surface area contributed by atoms with Gasteiger partial charge in [0.25, 0.3) is 0 Å². The molecule has 7 heteroatoms. The lowest BCUT2D eigenvalue weighted by molar-refractivity contribution is -0.120. The summed E-state index contributed by atoms with van der Waals surface area (Å²) in [4.78, 5) is 22.6. The number of Topliss-reactive ketones (excluding diaryl/α,β-unsaturated/α-hetero) is 2. The lowest BCUT2D eigenvalue weighted by Crippen LogP contribution is -2.13. The summed E-state index contributed by atoms with van der Waals surface area (Å²) in [6.45, 7) is 5.52. The Balaban J connectivity index is 1.79. The first-order chi connectivity index (χ1) is 14.6. The van der Waals surface area contributed by atoms with Gasteiger partial charge in [0, 0.05) is 25.9 Å². The van der Waals surface area contributed by atoms with Gasteiger partial charge in [-0.2, -0.15) is 0 Å². The van der Waals surface area contributed by atoms with E-state index in [9.17, 15) is 14.7 Å². The minimum absolute atomic E-state index is 0.185. The monoisotopic (exact) mass is 424 g/mol. The number of phenols is 1. The maximum atomic E-state index is 11.8. The third-order valence-corrected chi connectivity index (χ3v) is 4.32. The number of ether oxygens (including phenoxy) is 4. The Hall–Kier alpha value is -1.80.